The maximum absolute atomic E-state index is 11.5. The van der Waals surface area contributed by atoms with Gasteiger partial charge in [0.15, 0.2) is 0 Å². The number of nitrogen functional groups attached to an aromatic ring is 1. The van der Waals surface area contributed by atoms with E-state index in [1.54, 1.807) is 12.4 Å². The van der Waals surface area contributed by atoms with Crippen LogP contribution in [0.1, 0.15) is 77.3 Å². The molecule has 2 aliphatic carbocycles. The van der Waals surface area contributed by atoms with Gasteiger partial charge in [-0.3, -0.25) is 4.79 Å². The minimum absolute atomic E-state index is 0. The van der Waals surface area contributed by atoms with Gasteiger partial charge in [-0.15, -0.1) is 0 Å². The second-order valence-electron chi connectivity index (χ2n) is 17.3. The van der Waals surface area contributed by atoms with Crippen molar-refractivity contribution in [2.24, 2.45) is 0 Å². The van der Waals surface area contributed by atoms with Crippen molar-refractivity contribution in [1.29, 1.82) is 0 Å². The van der Waals surface area contributed by atoms with Gasteiger partial charge in [-0.25, -0.2) is 19.9 Å². The Morgan fingerprint density at radius 1 is 0.657 bits per heavy atom. The number of hydrogen-bond donors (Lipinski definition) is 6. The molecule has 2 saturated carbocycles. The van der Waals surface area contributed by atoms with Crippen LogP contribution in [0, 0.1) is 0 Å². The number of nitrogens with two attached hydrogens (primary N) is 1. The minimum atomic E-state index is -0.225. The van der Waals surface area contributed by atoms with E-state index in [1.165, 1.54) is 6.08 Å². The number of carbonyl (C=O) groups is 1. The van der Waals surface area contributed by atoms with Gasteiger partial charge in [0, 0.05) is 68.8 Å². The molecule has 70 heavy (non-hydrogen) atoms. The van der Waals surface area contributed by atoms with E-state index in [0.29, 0.717) is 41.2 Å². The lowest BCUT2D eigenvalue weighted by atomic mass is 9.93. The molecule has 10 rings (SSSR count). The maximum atomic E-state index is 11.5. The molecule has 364 valence electrons. The molecule has 4 aromatic carbocycles. The van der Waals surface area contributed by atoms with Crippen LogP contribution in [0.15, 0.2) is 135 Å². The van der Waals surface area contributed by atoms with Crippen molar-refractivity contribution in [1.82, 2.24) is 29.9 Å². The molecule has 0 unspecified atom stereocenters. The largest absolute Gasteiger partial charge is 0.399 e. The van der Waals surface area contributed by atoms with Gasteiger partial charge in [-0.1, -0.05) is 105 Å². The van der Waals surface area contributed by atoms with Crippen molar-refractivity contribution >= 4 is 74.2 Å². The van der Waals surface area contributed by atoms with Crippen LogP contribution in [0.5, 0.6) is 0 Å². The number of para-hydroxylation sites is 2. The fraction of sp³-hybridized carbons (Fsp3) is 0.291. The van der Waals surface area contributed by atoms with Crippen molar-refractivity contribution in [3.8, 4) is 22.5 Å². The number of carbonyl (C=O) groups excluding carboxylic acids is 1. The summed E-state index contributed by atoms with van der Waals surface area (Å²) in [5.74, 6) is 0.971. The summed E-state index contributed by atoms with van der Waals surface area (Å²) in [7, 11) is 0. The van der Waals surface area contributed by atoms with Gasteiger partial charge in [-0.05, 0) is 105 Å². The molecular weight excluding hydrogens is 920 g/mol. The van der Waals surface area contributed by atoms with E-state index in [1.807, 2.05) is 97.3 Å². The van der Waals surface area contributed by atoms with E-state index in [9.17, 15) is 4.79 Å². The van der Waals surface area contributed by atoms with Crippen LogP contribution in [-0.4, -0.2) is 60.1 Å². The zero-order valence-electron chi connectivity index (χ0n) is 37.6. The molecule has 1 amide bonds. The third-order valence-electron chi connectivity index (χ3n) is 12.5. The van der Waals surface area contributed by atoms with Gasteiger partial charge in [0.2, 0.25) is 17.8 Å². The molecule has 2 aliphatic rings. The molecule has 7 N–H and O–H groups in total. The molecule has 13 nitrogen and oxygen atoms in total. The second-order valence-corrected chi connectivity index (χ2v) is 18.1. The third kappa shape index (κ3) is 12.9. The number of rotatable bonds is 14. The number of amides is 1. The fourth-order valence-electron chi connectivity index (χ4n) is 8.94. The number of hydrogen-bond acceptors (Lipinski definition) is 10. The Labute approximate surface area is 420 Å². The molecule has 0 bridgehead atoms. The van der Waals surface area contributed by atoms with Gasteiger partial charge in [0.25, 0.3) is 0 Å². The van der Waals surface area contributed by atoms with Crippen molar-refractivity contribution in [2.45, 2.75) is 104 Å². The highest BCUT2D eigenvalue weighted by atomic mass is 35.5. The van der Waals surface area contributed by atoms with Gasteiger partial charge >= 0.3 is 0 Å². The van der Waals surface area contributed by atoms with Crippen LogP contribution in [-0.2, 0) is 27.5 Å². The summed E-state index contributed by atoms with van der Waals surface area (Å²) in [6.45, 7) is 4.59. The highest BCUT2D eigenvalue weighted by molar-refractivity contribution is 6.33. The molecule has 8 aromatic rings. The van der Waals surface area contributed by atoms with Crippen molar-refractivity contribution in [3.63, 3.8) is 0 Å². The van der Waals surface area contributed by atoms with E-state index in [0.717, 1.165) is 118 Å². The molecule has 4 heterocycles. The van der Waals surface area contributed by atoms with E-state index in [2.05, 4.69) is 54.6 Å². The SMILES string of the molecule is C.C.C=CC(=O)Nc1cccc(COC2CCC(Nc3ncc(Cl)c(-c4c[nH]c5ccccc45)n3)CC2)c1.Nc1cccc(COC2CCC(Nc3ncc(Cl)c(-c4c[nH]c5ccccc45)n3)CC2)c1. The first-order valence-corrected chi connectivity index (χ1v) is 23.8. The number of aromatic amines is 2. The first-order chi connectivity index (χ1) is 33.2. The van der Waals surface area contributed by atoms with E-state index in [-0.39, 0.29) is 39.0 Å². The van der Waals surface area contributed by atoms with Crippen molar-refractivity contribution in [3.05, 3.63) is 156 Å². The monoisotopic (exact) mass is 980 g/mol. The van der Waals surface area contributed by atoms with Gasteiger partial charge in [0.05, 0.1) is 59.2 Å². The number of benzene rings is 4. The molecule has 0 saturated heterocycles. The lowest BCUT2D eigenvalue weighted by Crippen LogP contribution is -2.30. The lowest BCUT2D eigenvalue weighted by Gasteiger charge is -2.29. The number of ether oxygens (including phenoxy) is 2. The van der Waals surface area contributed by atoms with Gasteiger partial charge in [0.1, 0.15) is 0 Å². The molecule has 0 radical (unpaired) electrons. The third-order valence-corrected chi connectivity index (χ3v) is 13.0. The zero-order chi connectivity index (χ0) is 46.8. The highest BCUT2D eigenvalue weighted by Gasteiger charge is 2.25. The van der Waals surface area contributed by atoms with Gasteiger partial charge in [-0.2, -0.15) is 0 Å². The highest BCUT2D eigenvalue weighted by Crippen LogP contribution is 2.35. The minimum Gasteiger partial charge on any atom is -0.399 e. The number of aromatic nitrogens is 6. The van der Waals surface area contributed by atoms with Gasteiger partial charge < -0.3 is 41.1 Å². The van der Waals surface area contributed by atoms with Crippen LogP contribution in [0.3, 0.4) is 0 Å². The number of halogens is 2. The van der Waals surface area contributed by atoms with Crippen LogP contribution in [0.2, 0.25) is 10.0 Å². The lowest BCUT2D eigenvalue weighted by molar-refractivity contribution is -0.111. The Morgan fingerprint density at radius 3 is 1.61 bits per heavy atom. The summed E-state index contributed by atoms with van der Waals surface area (Å²) in [6.07, 6.45) is 16.8. The summed E-state index contributed by atoms with van der Waals surface area (Å²) in [5.41, 5.74) is 15.0. The van der Waals surface area contributed by atoms with Crippen molar-refractivity contribution < 1.29 is 14.3 Å². The molecule has 4 aromatic heterocycles. The van der Waals surface area contributed by atoms with E-state index >= 15 is 0 Å². The topological polar surface area (TPSA) is 181 Å². The number of nitrogens with zero attached hydrogens (tertiary/aromatic N) is 4. The number of nitrogens with one attached hydrogen (secondary N) is 5. The van der Waals surface area contributed by atoms with Crippen molar-refractivity contribution in [2.75, 3.05) is 21.7 Å². The summed E-state index contributed by atoms with van der Waals surface area (Å²) >= 11 is 12.9. The number of H-pyrrole nitrogens is 2. The Hall–Kier alpha value is -6.77. The number of fused-ring (bicyclic) bond motifs is 2. The fourth-order valence-corrected chi connectivity index (χ4v) is 9.33. The Morgan fingerprint density at radius 2 is 1.13 bits per heavy atom. The first-order valence-electron chi connectivity index (χ1n) is 23.1. The second kappa shape index (κ2) is 24.2. The van der Waals surface area contributed by atoms with Crippen LogP contribution in [0.25, 0.3) is 44.3 Å². The first kappa shape index (κ1) is 51.1. The Balaban J connectivity index is 0.000000202. The summed E-state index contributed by atoms with van der Waals surface area (Å²) < 4.78 is 12.3. The predicted molar refractivity (Wildman–Crippen MR) is 287 cm³/mol. The molecule has 2 fully saturated rings. The molecular formula is C55H62Cl2N10O3. The molecule has 0 aliphatic heterocycles. The standard InChI is InChI=1S/C28H28ClN5O2.C25H26ClN5O.2CH4/c1-2-26(35)32-20-7-5-6-18(14-20)17-36-21-12-10-19(11-13-21)33-28-31-16-24(29)27(34-28)23-15-30-25-9-4-3-8-22(23)25;26-22-14-29-25(31-24(22)21-13-28-23-7-2-1-6-20(21)23)30-18-8-10-19(11-9-18)32-15-16-4-3-5-17(27)12-16;;/h2-9,14-16,19,21,30H,1,10-13,17H2,(H,32,35)(H,31,33,34);1-7,12-14,18-19,28H,8-11,15,27H2,(H,29,30,31);2*1H4. The maximum Gasteiger partial charge on any atom is 0.247 e. The van der Waals surface area contributed by atoms with E-state index < -0.39 is 0 Å². The molecule has 0 spiro atoms. The molecule has 15 heteroatoms. The van der Waals surface area contributed by atoms with Crippen LogP contribution < -0.4 is 21.7 Å². The smallest absolute Gasteiger partial charge is 0.247 e. The quantitative estimate of drug-likeness (QED) is 0.0453. The summed E-state index contributed by atoms with van der Waals surface area (Å²) in [4.78, 5) is 36.4. The normalized spacial score (nSPS) is 17.6. The van der Waals surface area contributed by atoms with Crippen LogP contribution in [0.4, 0.5) is 23.3 Å². The predicted octanol–water partition coefficient (Wildman–Crippen LogP) is 13.4. The Bertz CT molecular complexity index is 3000. The average molecular weight is 982 g/mol. The Kier molecular flexibility index (Phi) is 17.6. The summed E-state index contributed by atoms with van der Waals surface area (Å²) in [6, 6.07) is 32.4. The average Bonchev–Trinajstić information content (AvgIpc) is 4.00. The molecule has 0 atom stereocenters. The van der Waals surface area contributed by atoms with Crippen LogP contribution >= 0.6 is 23.2 Å². The zero-order valence-corrected chi connectivity index (χ0v) is 39.1. The number of anilines is 4. The summed E-state index contributed by atoms with van der Waals surface area (Å²) in [5, 5.41) is 13.0. The van der Waals surface area contributed by atoms with E-state index in [4.69, 9.17) is 48.4 Å².